The summed E-state index contributed by atoms with van der Waals surface area (Å²) in [5.41, 5.74) is 2.56. The van der Waals surface area contributed by atoms with Gasteiger partial charge in [0.2, 0.25) is 0 Å². The third-order valence-corrected chi connectivity index (χ3v) is 3.34. The van der Waals surface area contributed by atoms with E-state index >= 15 is 0 Å². The summed E-state index contributed by atoms with van der Waals surface area (Å²) in [6, 6.07) is 8.49. The van der Waals surface area contributed by atoms with Crippen LogP contribution in [0, 0.1) is 12.8 Å². The number of carbonyl (C=O) groups is 1. The van der Waals surface area contributed by atoms with E-state index in [9.17, 15) is 4.79 Å². The second kappa shape index (κ2) is 5.29. The van der Waals surface area contributed by atoms with Gasteiger partial charge in [-0.3, -0.25) is 4.79 Å². The molecule has 1 saturated carbocycles. The Labute approximate surface area is 97.9 Å². The predicted molar refractivity (Wildman–Crippen MR) is 66.5 cm³/mol. The van der Waals surface area contributed by atoms with E-state index in [0.29, 0.717) is 5.78 Å². The zero-order valence-corrected chi connectivity index (χ0v) is 10.0. The molecule has 1 aliphatic carbocycles. The Kier molecular flexibility index (Phi) is 3.76. The van der Waals surface area contributed by atoms with Gasteiger partial charge in [0.1, 0.15) is 5.78 Å². The Bertz CT molecular complexity index is 346. The lowest BCUT2D eigenvalue weighted by Crippen LogP contribution is -2.00. The molecule has 0 bridgehead atoms. The van der Waals surface area contributed by atoms with Crippen molar-refractivity contribution in [2.45, 2.75) is 45.4 Å². The normalized spacial score (nSPS) is 15.1. The van der Waals surface area contributed by atoms with Crippen LogP contribution in [0.1, 0.15) is 43.2 Å². The number of rotatable bonds is 6. The molecule has 1 fully saturated rings. The minimum atomic E-state index is 0.437. The molecule has 0 atom stereocenters. The van der Waals surface area contributed by atoms with Crippen LogP contribution >= 0.6 is 0 Å². The van der Waals surface area contributed by atoms with Gasteiger partial charge in [0.05, 0.1) is 0 Å². The standard InChI is InChI=1S/C15H20O/c1-12-2-4-13(5-3-12)8-10-15(16)11-9-14-6-7-14/h2-5,14H,6-11H2,1H3. The minimum Gasteiger partial charge on any atom is -0.300 e. The maximum atomic E-state index is 11.6. The van der Waals surface area contributed by atoms with Gasteiger partial charge in [-0.15, -0.1) is 0 Å². The molecule has 86 valence electrons. The fourth-order valence-corrected chi connectivity index (χ4v) is 1.94. The van der Waals surface area contributed by atoms with Gasteiger partial charge >= 0.3 is 0 Å². The molecular weight excluding hydrogens is 196 g/mol. The second-order valence-electron chi connectivity index (χ2n) is 5.01. The number of Topliss-reactive ketones (excluding diaryl/α,β-unsaturated/α-hetero) is 1. The monoisotopic (exact) mass is 216 g/mol. The van der Waals surface area contributed by atoms with Crippen LogP contribution in [0.25, 0.3) is 0 Å². The lowest BCUT2D eigenvalue weighted by Gasteiger charge is -2.02. The van der Waals surface area contributed by atoms with Crippen molar-refractivity contribution in [1.82, 2.24) is 0 Å². The first-order valence-electron chi connectivity index (χ1n) is 6.31. The molecule has 0 heterocycles. The van der Waals surface area contributed by atoms with Crippen molar-refractivity contribution < 1.29 is 4.79 Å². The Morgan fingerprint density at radius 1 is 1.19 bits per heavy atom. The number of ketones is 1. The second-order valence-corrected chi connectivity index (χ2v) is 5.01. The largest absolute Gasteiger partial charge is 0.300 e. The van der Waals surface area contributed by atoms with Crippen molar-refractivity contribution >= 4 is 5.78 Å². The summed E-state index contributed by atoms with van der Waals surface area (Å²) in [5.74, 6) is 1.32. The lowest BCUT2D eigenvalue weighted by molar-refractivity contribution is -0.119. The molecular formula is C15H20O. The summed E-state index contributed by atoms with van der Waals surface area (Å²) < 4.78 is 0. The van der Waals surface area contributed by atoms with E-state index in [1.807, 2.05) is 0 Å². The number of benzene rings is 1. The fourth-order valence-electron chi connectivity index (χ4n) is 1.94. The van der Waals surface area contributed by atoms with Crippen LogP contribution in [0.4, 0.5) is 0 Å². The molecule has 16 heavy (non-hydrogen) atoms. The molecule has 1 heteroatoms. The van der Waals surface area contributed by atoms with E-state index in [0.717, 1.165) is 31.6 Å². The minimum absolute atomic E-state index is 0.437. The van der Waals surface area contributed by atoms with Crippen molar-refractivity contribution in [2.24, 2.45) is 5.92 Å². The van der Waals surface area contributed by atoms with Gasteiger partial charge in [0.15, 0.2) is 0 Å². The Morgan fingerprint density at radius 2 is 1.88 bits per heavy atom. The summed E-state index contributed by atoms with van der Waals surface area (Å²) in [5, 5.41) is 0. The highest BCUT2D eigenvalue weighted by molar-refractivity contribution is 5.78. The SMILES string of the molecule is Cc1ccc(CCC(=O)CCC2CC2)cc1. The molecule has 1 aromatic carbocycles. The first-order valence-corrected chi connectivity index (χ1v) is 6.31. The smallest absolute Gasteiger partial charge is 0.133 e. The van der Waals surface area contributed by atoms with Gasteiger partial charge in [-0.1, -0.05) is 42.7 Å². The van der Waals surface area contributed by atoms with Gasteiger partial charge in [0, 0.05) is 12.8 Å². The average Bonchev–Trinajstić information content (AvgIpc) is 3.09. The van der Waals surface area contributed by atoms with Crippen molar-refractivity contribution in [2.75, 3.05) is 0 Å². The maximum Gasteiger partial charge on any atom is 0.133 e. The van der Waals surface area contributed by atoms with Gasteiger partial charge in [-0.2, -0.15) is 0 Å². The molecule has 1 aliphatic rings. The van der Waals surface area contributed by atoms with Gasteiger partial charge in [0.25, 0.3) is 0 Å². The molecule has 0 spiro atoms. The van der Waals surface area contributed by atoms with Crippen molar-refractivity contribution in [3.63, 3.8) is 0 Å². The zero-order chi connectivity index (χ0) is 11.4. The summed E-state index contributed by atoms with van der Waals surface area (Å²) in [6.45, 7) is 2.09. The third-order valence-electron chi connectivity index (χ3n) is 3.34. The number of hydrogen-bond acceptors (Lipinski definition) is 1. The van der Waals surface area contributed by atoms with E-state index in [1.165, 1.54) is 24.0 Å². The van der Waals surface area contributed by atoms with Crippen LogP contribution in [0.3, 0.4) is 0 Å². The summed E-state index contributed by atoms with van der Waals surface area (Å²) >= 11 is 0. The van der Waals surface area contributed by atoms with Gasteiger partial charge < -0.3 is 0 Å². The molecule has 2 rings (SSSR count). The summed E-state index contributed by atoms with van der Waals surface area (Å²) in [7, 11) is 0. The predicted octanol–water partition coefficient (Wildman–Crippen LogP) is 3.69. The van der Waals surface area contributed by atoms with Crippen LogP contribution in [-0.2, 0) is 11.2 Å². The third kappa shape index (κ3) is 3.80. The van der Waals surface area contributed by atoms with Crippen molar-refractivity contribution in [1.29, 1.82) is 0 Å². The topological polar surface area (TPSA) is 17.1 Å². The van der Waals surface area contributed by atoms with E-state index in [4.69, 9.17) is 0 Å². The molecule has 1 nitrogen and oxygen atoms in total. The van der Waals surface area contributed by atoms with Crippen LogP contribution in [0.15, 0.2) is 24.3 Å². The molecule has 1 aromatic rings. The van der Waals surface area contributed by atoms with E-state index in [1.54, 1.807) is 0 Å². The van der Waals surface area contributed by atoms with Gasteiger partial charge in [-0.05, 0) is 31.2 Å². The van der Waals surface area contributed by atoms with Crippen molar-refractivity contribution in [3.05, 3.63) is 35.4 Å². The quantitative estimate of drug-likeness (QED) is 0.708. The Hall–Kier alpha value is -1.11. The van der Waals surface area contributed by atoms with E-state index in [2.05, 4.69) is 31.2 Å². The molecule has 0 amide bonds. The first-order chi connectivity index (χ1) is 7.74. The van der Waals surface area contributed by atoms with Crippen LogP contribution < -0.4 is 0 Å². The highest BCUT2D eigenvalue weighted by Crippen LogP contribution is 2.33. The lowest BCUT2D eigenvalue weighted by atomic mass is 10.0. The van der Waals surface area contributed by atoms with E-state index < -0.39 is 0 Å². The van der Waals surface area contributed by atoms with Crippen LogP contribution in [-0.4, -0.2) is 5.78 Å². The number of carbonyl (C=O) groups excluding carboxylic acids is 1. The highest BCUT2D eigenvalue weighted by Gasteiger charge is 2.21. The van der Waals surface area contributed by atoms with E-state index in [-0.39, 0.29) is 0 Å². The van der Waals surface area contributed by atoms with Crippen molar-refractivity contribution in [3.8, 4) is 0 Å². The zero-order valence-electron chi connectivity index (χ0n) is 10.0. The van der Waals surface area contributed by atoms with Crippen LogP contribution in [0.5, 0.6) is 0 Å². The molecule has 0 N–H and O–H groups in total. The average molecular weight is 216 g/mol. The maximum absolute atomic E-state index is 11.6. The summed E-state index contributed by atoms with van der Waals surface area (Å²) in [6.07, 6.45) is 6.26. The highest BCUT2D eigenvalue weighted by atomic mass is 16.1. The molecule has 0 aliphatic heterocycles. The summed E-state index contributed by atoms with van der Waals surface area (Å²) in [4.78, 5) is 11.6. The van der Waals surface area contributed by atoms with Gasteiger partial charge in [-0.25, -0.2) is 0 Å². The molecule has 0 aromatic heterocycles. The number of hydrogen-bond donors (Lipinski definition) is 0. The molecule has 0 saturated heterocycles. The molecule has 0 unspecified atom stereocenters. The Morgan fingerprint density at radius 3 is 2.50 bits per heavy atom. The first kappa shape index (κ1) is 11.4. The molecule has 0 radical (unpaired) electrons. The number of aryl methyl sites for hydroxylation is 2. The fraction of sp³-hybridized carbons (Fsp3) is 0.533. The van der Waals surface area contributed by atoms with Crippen LogP contribution in [0.2, 0.25) is 0 Å². The Balaban J connectivity index is 1.69.